The Morgan fingerprint density at radius 3 is 3.00 bits per heavy atom. The van der Waals surface area contributed by atoms with E-state index in [1.165, 1.54) is 0 Å². The minimum absolute atomic E-state index is 0.185. The number of likely N-dealkylation sites (tertiary alicyclic amines) is 1. The molecule has 1 saturated heterocycles. The standard InChI is InChI=1S/C13H20N2O/c1-10-4-3-5-13(14-10)9-15-7-6-12(8-15)11(2)16/h3-5,11-12,16H,6-9H2,1-2H3. The van der Waals surface area contributed by atoms with E-state index in [-0.39, 0.29) is 6.10 Å². The summed E-state index contributed by atoms with van der Waals surface area (Å²) in [6.45, 7) is 6.88. The summed E-state index contributed by atoms with van der Waals surface area (Å²) in [4.78, 5) is 6.88. The number of aromatic nitrogens is 1. The van der Waals surface area contributed by atoms with Crippen LogP contribution in [0.2, 0.25) is 0 Å². The Kier molecular flexibility index (Phi) is 3.56. The maximum atomic E-state index is 9.54. The molecule has 2 unspecified atom stereocenters. The van der Waals surface area contributed by atoms with Crippen molar-refractivity contribution >= 4 is 0 Å². The van der Waals surface area contributed by atoms with E-state index in [4.69, 9.17) is 0 Å². The summed E-state index contributed by atoms with van der Waals surface area (Å²) < 4.78 is 0. The van der Waals surface area contributed by atoms with Gasteiger partial charge in [0.1, 0.15) is 0 Å². The Morgan fingerprint density at radius 2 is 2.38 bits per heavy atom. The van der Waals surface area contributed by atoms with Gasteiger partial charge in [0.25, 0.3) is 0 Å². The lowest BCUT2D eigenvalue weighted by molar-refractivity contribution is 0.127. The fourth-order valence-corrected chi connectivity index (χ4v) is 2.32. The summed E-state index contributed by atoms with van der Waals surface area (Å²) in [5, 5.41) is 9.54. The van der Waals surface area contributed by atoms with Gasteiger partial charge in [-0.1, -0.05) is 6.07 Å². The van der Waals surface area contributed by atoms with Crippen molar-refractivity contribution in [3.63, 3.8) is 0 Å². The molecule has 2 heterocycles. The second-order valence-corrected chi connectivity index (χ2v) is 4.79. The molecule has 1 aliphatic heterocycles. The van der Waals surface area contributed by atoms with Gasteiger partial charge >= 0.3 is 0 Å². The molecule has 0 aliphatic carbocycles. The van der Waals surface area contributed by atoms with E-state index in [0.717, 1.165) is 37.4 Å². The second-order valence-electron chi connectivity index (χ2n) is 4.79. The van der Waals surface area contributed by atoms with Gasteiger partial charge in [0.15, 0.2) is 0 Å². The van der Waals surface area contributed by atoms with Crippen molar-refractivity contribution in [3.8, 4) is 0 Å². The molecule has 0 aromatic carbocycles. The van der Waals surface area contributed by atoms with Crippen LogP contribution in [0, 0.1) is 12.8 Å². The van der Waals surface area contributed by atoms with E-state index >= 15 is 0 Å². The van der Waals surface area contributed by atoms with Crippen LogP contribution in [0.15, 0.2) is 18.2 Å². The molecule has 1 fully saturated rings. The zero-order chi connectivity index (χ0) is 11.5. The van der Waals surface area contributed by atoms with Crippen LogP contribution < -0.4 is 0 Å². The summed E-state index contributed by atoms with van der Waals surface area (Å²) in [7, 11) is 0. The van der Waals surface area contributed by atoms with E-state index in [1.54, 1.807) is 0 Å². The Morgan fingerprint density at radius 1 is 1.56 bits per heavy atom. The molecule has 1 aromatic rings. The van der Waals surface area contributed by atoms with Gasteiger partial charge in [-0.05, 0) is 44.9 Å². The lowest BCUT2D eigenvalue weighted by atomic mass is 10.0. The Hall–Kier alpha value is -0.930. The molecule has 0 saturated carbocycles. The molecule has 2 atom stereocenters. The summed E-state index contributed by atoms with van der Waals surface area (Å²) >= 11 is 0. The first-order valence-electron chi connectivity index (χ1n) is 5.98. The molecule has 0 amide bonds. The first-order valence-corrected chi connectivity index (χ1v) is 5.98. The van der Waals surface area contributed by atoms with Crippen molar-refractivity contribution in [2.45, 2.75) is 32.9 Å². The molecule has 1 aliphatic rings. The Bertz CT molecular complexity index is 352. The average Bonchev–Trinajstić information content (AvgIpc) is 2.66. The zero-order valence-corrected chi connectivity index (χ0v) is 10.1. The van der Waals surface area contributed by atoms with Gasteiger partial charge in [-0.25, -0.2) is 0 Å². The third-order valence-corrected chi connectivity index (χ3v) is 3.32. The average molecular weight is 220 g/mol. The number of nitrogens with zero attached hydrogens (tertiary/aromatic N) is 2. The van der Waals surface area contributed by atoms with Crippen LogP contribution in [-0.4, -0.2) is 34.2 Å². The van der Waals surface area contributed by atoms with Crippen molar-refractivity contribution in [3.05, 3.63) is 29.6 Å². The zero-order valence-electron chi connectivity index (χ0n) is 10.1. The van der Waals surface area contributed by atoms with Gasteiger partial charge in [0.05, 0.1) is 11.8 Å². The van der Waals surface area contributed by atoms with Crippen molar-refractivity contribution in [2.75, 3.05) is 13.1 Å². The molecule has 1 aromatic heterocycles. The fourth-order valence-electron chi connectivity index (χ4n) is 2.32. The molecule has 0 spiro atoms. The maximum absolute atomic E-state index is 9.54. The normalized spacial score (nSPS) is 23.6. The van der Waals surface area contributed by atoms with Crippen molar-refractivity contribution in [1.29, 1.82) is 0 Å². The molecule has 0 bridgehead atoms. The summed E-state index contributed by atoms with van der Waals surface area (Å²) in [6.07, 6.45) is 0.916. The second kappa shape index (κ2) is 4.93. The highest BCUT2D eigenvalue weighted by Crippen LogP contribution is 2.20. The lowest BCUT2D eigenvalue weighted by Gasteiger charge is -2.17. The molecule has 3 heteroatoms. The highest BCUT2D eigenvalue weighted by Gasteiger charge is 2.25. The molecule has 0 radical (unpaired) electrons. The Labute approximate surface area is 97.1 Å². The number of hydrogen-bond donors (Lipinski definition) is 1. The Balaban J connectivity index is 1.92. The summed E-state index contributed by atoms with van der Waals surface area (Å²) in [6, 6.07) is 6.15. The molecular weight excluding hydrogens is 200 g/mol. The van der Waals surface area contributed by atoms with Gasteiger partial charge in [-0.2, -0.15) is 0 Å². The molecule has 2 rings (SSSR count). The third kappa shape index (κ3) is 2.80. The topological polar surface area (TPSA) is 36.4 Å². The van der Waals surface area contributed by atoms with Gasteiger partial charge in [-0.3, -0.25) is 9.88 Å². The van der Waals surface area contributed by atoms with Crippen LogP contribution in [0.1, 0.15) is 24.7 Å². The van der Waals surface area contributed by atoms with E-state index in [9.17, 15) is 5.11 Å². The third-order valence-electron chi connectivity index (χ3n) is 3.32. The van der Waals surface area contributed by atoms with E-state index < -0.39 is 0 Å². The highest BCUT2D eigenvalue weighted by molar-refractivity contribution is 5.10. The first-order chi connectivity index (χ1) is 7.65. The van der Waals surface area contributed by atoms with Crippen molar-refractivity contribution in [2.24, 2.45) is 5.92 Å². The van der Waals surface area contributed by atoms with Crippen LogP contribution in [0.4, 0.5) is 0 Å². The smallest absolute Gasteiger partial charge is 0.0552 e. The molecule has 16 heavy (non-hydrogen) atoms. The summed E-state index contributed by atoms with van der Waals surface area (Å²) in [5.74, 6) is 0.435. The minimum atomic E-state index is -0.185. The van der Waals surface area contributed by atoms with Crippen LogP contribution in [0.3, 0.4) is 0 Å². The quantitative estimate of drug-likeness (QED) is 0.840. The number of hydrogen-bond acceptors (Lipinski definition) is 3. The summed E-state index contributed by atoms with van der Waals surface area (Å²) in [5.41, 5.74) is 2.20. The van der Waals surface area contributed by atoms with Crippen molar-refractivity contribution in [1.82, 2.24) is 9.88 Å². The molecular formula is C13H20N2O. The SMILES string of the molecule is Cc1cccc(CN2CCC(C(C)O)C2)n1. The molecule has 3 nitrogen and oxygen atoms in total. The lowest BCUT2D eigenvalue weighted by Crippen LogP contribution is -2.24. The van der Waals surface area contributed by atoms with Gasteiger partial charge in [-0.15, -0.1) is 0 Å². The van der Waals surface area contributed by atoms with Crippen molar-refractivity contribution < 1.29 is 5.11 Å². The first kappa shape index (κ1) is 11.6. The largest absolute Gasteiger partial charge is 0.393 e. The number of aliphatic hydroxyl groups excluding tert-OH is 1. The van der Waals surface area contributed by atoms with E-state index in [0.29, 0.717) is 5.92 Å². The van der Waals surface area contributed by atoms with Crippen LogP contribution >= 0.6 is 0 Å². The maximum Gasteiger partial charge on any atom is 0.0552 e. The number of aliphatic hydroxyl groups is 1. The monoisotopic (exact) mass is 220 g/mol. The number of rotatable bonds is 3. The fraction of sp³-hybridized carbons (Fsp3) is 0.615. The highest BCUT2D eigenvalue weighted by atomic mass is 16.3. The van der Waals surface area contributed by atoms with E-state index in [1.807, 2.05) is 19.9 Å². The van der Waals surface area contributed by atoms with E-state index in [2.05, 4.69) is 22.0 Å². The molecule has 88 valence electrons. The predicted octanol–water partition coefficient (Wildman–Crippen LogP) is 1.59. The van der Waals surface area contributed by atoms with Crippen LogP contribution in [0.5, 0.6) is 0 Å². The van der Waals surface area contributed by atoms with Gasteiger partial charge < -0.3 is 5.11 Å². The van der Waals surface area contributed by atoms with Crippen LogP contribution in [-0.2, 0) is 6.54 Å². The predicted molar refractivity (Wildman–Crippen MR) is 64.0 cm³/mol. The van der Waals surface area contributed by atoms with Gasteiger partial charge in [0.2, 0.25) is 0 Å². The number of pyridine rings is 1. The minimum Gasteiger partial charge on any atom is -0.393 e. The number of aryl methyl sites for hydroxylation is 1. The molecule has 1 N–H and O–H groups in total. The van der Waals surface area contributed by atoms with Crippen LogP contribution in [0.25, 0.3) is 0 Å². The van der Waals surface area contributed by atoms with Gasteiger partial charge in [0, 0.05) is 18.8 Å².